The van der Waals surface area contributed by atoms with Crippen molar-refractivity contribution in [2.75, 3.05) is 16.4 Å². The summed E-state index contributed by atoms with van der Waals surface area (Å²) in [5.41, 5.74) is 7.67. The van der Waals surface area contributed by atoms with Crippen LogP contribution in [0.1, 0.15) is 0 Å². The van der Waals surface area contributed by atoms with Crippen molar-refractivity contribution in [3.8, 4) is 0 Å². The van der Waals surface area contributed by atoms with Gasteiger partial charge in [-0.15, -0.1) is 0 Å². The second-order valence-corrected chi connectivity index (χ2v) is 5.81. The smallest absolute Gasteiger partial charge is 0.330 e. The summed E-state index contributed by atoms with van der Waals surface area (Å²) in [4.78, 5) is 20.6. The quantitative estimate of drug-likeness (QED) is 0.512. The molecule has 0 aliphatic rings. The molecule has 8 heteroatoms. The molecule has 0 aliphatic carbocycles. The lowest BCUT2D eigenvalue weighted by Gasteiger charge is -2.09. The Morgan fingerprint density at radius 3 is 2.67 bits per heavy atom. The van der Waals surface area contributed by atoms with Gasteiger partial charge in [-0.25, -0.2) is 19.2 Å². The van der Waals surface area contributed by atoms with Crippen molar-refractivity contribution in [3.05, 3.63) is 72.9 Å². The van der Waals surface area contributed by atoms with Crippen molar-refractivity contribution >= 4 is 39.9 Å². The van der Waals surface area contributed by atoms with Crippen LogP contribution in [0.5, 0.6) is 0 Å². The number of nitrogens with one attached hydrogen (secondary N) is 2. The fraction of sp³-hybridized carbons (Fsp3) is 0. The molecule has 27 heavy (non-hydrogen) atoms. The van der Waals surface area contributed by atoms with E-state index in [2.05, 4.69) is 20.6 Å². The first-order valence-corrected chi connectivity index (χ1v) is 8.12. The topological polar surface area (TPSA) is 97.9 Å². The lowest BCUT2D eigenvalue weighted by Crippen LogP contribution is -2.18. The summed E-state index contributed by atoms with van der Waals surface area (Å²) in [6.45, 7) is 0. The molecule has 0 saturated heterocycles. The van der Waals surface area contributed by atoms with E-state index >= 15 is 0 Å². The third kappa shape index (κ3) is 3.40. The number of halogens is 1. The number of nitrogens with zero attached hydrogens (tertiary/aromatic N) is 3. The van der Waals surface area contributed by atoms with Gasteiger partial charge in [0.15, 0.2) is 0 Å². The van der Waals surface area contributed by atoms with Gasteiger partial charge in [-0.3, -0.25) is 4.57 Å². The van der Waals surface area contributed by atoms with E-state index in [-0.39, 0.29) is 11.8 Å². The van der Waals surface area contributed by atoms with E-state index in [0.29, 0.717) is 22.8 Å². The highest BCUT2D eigenvalue weighted by atomic mass is 19.1. The van der Waals surface area contributed by atoms with Crippen molar-refractivity contribution in [2.45, 2.75) is 0 Å². The summed E-state index contributed by atoms with van der Waals surface area (Å²) in [5, 5.41) is 6.76. The molecule has 4 aromatic rings. The van der Waals surface area contributed by atoms with Crippen LogP contribution in [0.25, 0.3) is 10.9 Å². The number of nitrogen functional groups attached to an aromatic ring is 1. The number of hydrogen-bond acceptors (Lipinski definition) is 5. The molecule has 0 spiro atoms. The Labute approximate surface area is 153 Å². The fourth-order valence-corrected chi connectivity index (χ4v) is 2.75. The monoisotopic (exact) mass is 362 g/mol. The van der Waals surface area contributed by atoms with Crippen LogP contribution < -0.4 is 16.4 Å². The molecule has 0 aliphatic heterocycles. The van der Waals surface area contributed by atoms with Crippen LogP contribution >= 0.6 is 0 Å². The van der Waals surface area contributed by atoms with Gasteiger partial charge >= 0.3 is 6.03 Å². The molecule has 0 fully saturated rings. The number of carbonyl (C=O) groups is 1. The van der Waals surface area contributed by atoms with E-state index in [1.807, 2.05) is 24.3 Å². The Morgan fingerprint density at radius 1 is 1.07 bits per heavy atom. The first-order chi connectivity index (χ1) is 13.1. The minimum Gasteiger partial charge on any atom is -0.384 e. The van der Waals surface area contributed by atoms with Gasteiger partial charge in [-0.1, -0.05) is 6.07 Å². The molecule has 2 aromatic heterocycles. The van der Waals surface area contributed by atoms with Crippen LogP contribution in [0.2, 0.25) is 0 Å². The molecular weight excluding hydrogens is 347 g/mol. The summed E-state index contributed by atoms with van der Waals surface area (Å²) >= 11 is 0. The van der Waals surface area contributed by atoms with E-state index < -0.39 is 0 Å². The van der Waals surface area contributed by atoms with Crippen LogP contribution in [0.3, 0.4) is 0 Å². The Hall–Kier alpha value is -3.94. The van der Waals surface area contributed by atoms with Gasteiger partial charge in [0.2, 0.25) is 0 Å². The van der Waals surface area contributed by atoms with Gasteiger partial charge in [0.25, 0.3) is 0 Å². The van der Waals surface area contributed by atoms with Crippen LogP contribution in [0.4, 0.5) is 32.2 Å². The zero-order chi connectivity index (χ0) is 18.8. The molecule has 7 nitrogen and oxygen atoms in total. The number of amides is 1. The van der Waals surface area contributed by atoms with Gasteiger partial charge in [0.05, 0.1) is 5.52 Å². The summed E-state index contributed by atoms with van der Waals surface area (Å²) in [6.07, 6.45) is 3.04. The van der Waals surface area contributed by atoms with E-state index in [4.69, 9.17) is 5.73 Å². The molecule has 0 unspecified atom stereocenters. The van der Waals surface area contributed by atoms with E-state index in [1.54, 1.807) is 12.3 Å². The van der Waals surface area contributed by atoms with Crippen LogP contribution in [0.15, 0.2) is 67.1 Å². The zero-order valence-corrected chi connectivity index (χ0v) is 14.1. The molecule has 0 atom stereocenters. The lowest BCUT2D eigenvalue weighted by atomic mass is 10.2. The molecule has 134 valence electrons. The number of carbonyl (C=O) groups excluding carboxylic acids is 1. The molecule has 0 radical (unpaired) electrons. The van der Waals surface area contributed by atoms with E-state index in [9.17, 15) is 9.18 Å². The number of benzene rings is 2. The molecule has 4 N–H and O–H groups in total. The van der Waals surface area contributed by atoms with Gasteiger partial charge in [-0.05, 0) is 42.5 Å². The van der Waals surface area contributed by atoms with Crippen LogP contribution in [0, 0.1) is 5.82 Å². The molecular formula is C19H15FN6O. The van der Waals surface area contributed by atoms with Gasteiger partial charge < -0.3 is 16.4 Å². The highest BCUT2D eigenvalue weighted by Crippen LogP contribution is 2.27. The average molecular weight is 362 g/mol. The van der Waals surface area contributed by atoms with Crippen molar-refractivity contribution in [1.82, 2.24) is 14.5 Å². The van der Waals surface area contributed by atoms with Crippen molar-refractivity contribution in [2.24, 2.45) is 0 Å². The summed E-state index contributed by atoms with van der Waals surface area (Å²) in [6, 6.07) is 14.2. The minimum absolute atomic E-state index is 0.347. The van der Waals surface area contributed by atoms with Crippen molar-refractivity contribution < 1.29 is 9.18 Å². The number of anilines is 4. The van der Waals surface area contributed by atoms with Gasteiger partial charge in [0, 0.05) is 29.0 Å². The summed E-state index contributed by atoms with van der Waals surface area (Å²) < 4.78 is 14.5. The first-order valence-electron chi connectivity index (χ1n) is 8.12. The molecule has 0 saturated carbocycles. The number of rotatable bonds is 3. The Kier molecular flexibility index (Phi) is 4.13. The zero-order valence-electron chi connectivity index (χ0n) is 14.1. The highest BCUT2D eigenvalue weighted by molar-refractivity contribution is 6.02. The normalized spacial score (nSPS) is 10.7. The number of fused-ring (bicyclic) bond motifs is 1. The highest BCUT2D eigenvalue weighted by Gasteiger charge is 2.12. The first kappa shape index (κ1) is 16.5. The predicted molar refractivity (Wildman–Crippen MR) is 102 cm³/mol. The molecule has 1 amide bonds. The van der Waals surface area contributed by atoms with Crippen molar-refractivity contribution in [1.29, 1.82) is 0 Å². The second kappa shape index (κ2) is 6.75. The van der Waals surface area contributed by atoms with Crippen LogP contribution in [-0.2, 0) is 0 Å². The summed E-state index contributed by atoms with van der Waals surface area (Å²) in [5.74, 6) is 0.551. The number of aromatic nitrogens is 3. The average Bonchev–Trinajstić information content (AvgIpc) is 3.09. The largest absolute Gasteiger partial charge is 0.384 e. The number of nitrogens with two attached hydrogens (primary N) is 1. The minimum atomic E-state index is -0.361. The molecule has 2 aromatic carbocycles. The van der Waals surface area contributed by atoms with Gasteiger partial charge in [-0.2, -0.15) is 0 Å². The molecule has 0 bridgehead atoms. The third-order valence-electron chi connectivity index (χ3n) is 4.00. The van der Waals surface area contributed by atoms with Crippen LogP contribution in [-0.4, -0.2) is 20.6 Å². The maximum absolute atomic E-state index is 13.0. The summed E-state index contributed by atoms with van der Waals surface area (Å²) in [7, 11) is 0. The maximum atomic E-state index is 13.0. The Morgan fingerprint density at radius 2 is 1.89 bits per heavy atom. The SMILES string of the molecule is Nc1cc(Nc2cccc3c2ccn3C(=O)Nc2ccc(F)cc2)ncn1. The fourth-order valence-electron chi connectivity index (χ4n) is 2.75. The Bertz CT molecular complexity index is 1120. The third-order valence-corrected chi connectivity index (χ3v) is 4.00. The maximum Gasteiger partial charge on any atom is 0.330 e. The number of hydrogen-bond donors (Lipinski definition) is 3. The van der Waals surface area contributed by atoms with E-state index in [1.165, 1.54) is 35.2 Å². The van der Waals surface area contributed by atoms with E-state index in [0.717, 1.165) is 11.1 Å². The predicted octanol–water partition coefficient (Wildman–Crippen LogP) is 3.98. The molecule has 4 rings (SSSR count). The standard InChI is InChI=1S/C19H15FN6O/c20-12-4-6-13(7-5-12)24-19(27)26-9-8-14-15(2-1-3-16(14)26)25-18-10-17(21)22-11-23-18/h1-11H,(H,24,27)(H3,21,22,23,25). The van der Waals surface area contributed by atoms with Crippen molar-refractivity contribution in [3.63, 3.8) is 0 Å². The second-order valence-electron chi connectivity index (χ2n) is 5.81. The Balaban J connectivity index is 1.63. The van der Waals surface area contributed by atoms with Gasteiger partial charge in [0.1, 0.15) is 23.8 Å². The molecule has 2 heterocycles. The lowest BCUT2D eigenvalue weighted by molar-refractivity contribution is 0.254.